The van der Waals surface area contributed by atoms with Crippen LogP contribution in [0.25, 0.3) is 11.1 Å². The van der Waals surface area contributed by atoms with E-state index in [1.54, 1.807) is 29.3 Å². The Morgan fingerprint density at radius 3 is 2.66 bits per heavy atom. The molecule has 3 rings (SSSR count). The van der Waals surface area contributed by atoms with Crippen molar-refractivity contribution in [2.45, 2.75) is 0 Å². The van der Waals surface area contributed by atoms with Gasteiger partial charge in [0, 0.05) is 24.8 Å². The van der Waals surface area contributed by atoms with Gasteiger partial charge >= 0.3 is 0 Å². The number of amides is 2. The van der Waals surface area contributed by atoms with E-state index >= 15 is 0 Å². The molecule has 0 spiro atoms. The number of morpholine rings is 1. The Morgan fingerprint density at radius 1 is 1.24 bits per heavy atom. The number of nitrogens with zero attached hydrogens (tertiary/aromatic N) is 2. The van der Waals surface area contributed by atoms with E-state index in [1.165, 1.54) is 6.08 Å². The van der Waals surface area contributed by atoms with Crippen LogP contribution >= 0.6 is 11.6 Å². The topological polar surface area (TPSA) is 80.8 Å². The van der Waals surface area contributed by atoms with Gasteiger partial charge in [-0.15, -0.1) is 0 Å². The van der Waals surface area contributed by atoms with E-state index in [-0.39, 0.29) is 11.8 Å². The van der Waals surface area contributed by atoms with Crippen molar-refractivity contribution < 1.29 is 19.1 Å². The van der Waals surface area contributed by atoms with Gasteiger partial charge < -0.3 is 19.7 Å². The first-order chi connectivity index (χ1) is 14.1. The number of carbonyl (C=O) groups excluding carboxylic acids is 2. The van der Waals surface area contributed by atoms with E-state index in [9.17, 15) is 9.59 Å². The lowest BCUT2D eigenvalue weighted by molar-refractivity contribution is -0.116. The van der Waals surface area contributed by atoms with Gasteiger partial charge in [0.15, 0.2) is 0 Å². The molecule has 0 bridgehead atoms. The monoisotopic (exact) mass is 415 g/mol. The highest BCUT2D eigenvalue weighted by molar-refractivity contribution is 6.32. The van der Waals surface area contributed by atoms with E-state index in [1.807, 2.05) is 12.1 Å². The van der Waals surface area contributed by atoms with Gasteiger partial charge in [-0.1, -0.05) is 30.3 Å². The van der Waals surface area contributed by atoms with Gasteiger partial charge in [0.1, 0.15) is 18.1 Å². The van der Waals surface area contributed by atoms with Crippen LogP contribution in [-0.4, -0.2) is 61.2 Å². The minimum atomic E-state index is -0.252. The minimum Gasteiger partial charge on any atom is -0.490 e. The summed E-state index contributed by atoms with van der Waals surface area (Å²) in [5.41, 5.74) is 2.11. The number of pyridine rings is 1. The Kier molecular flexibility index (Phi) is 7.21. The maximum absolute atomic E-state index is 12.5. The van der Waals surface area contributed by atoms with Crippen LogP contribution in [0.3, 0.4) is 0 Å². The zero-order valence-corrected chi connectivity index (χ0v) is 16.7. The maximum Gasteiger partial charge on any atom is 0.272 e. The first-order valence-corrected chi connectivity index (χ1v) is 9.62. The van der Waals surface area contributed by atoms with E-state index < -0.39 is 0 Å². The highest BCUT2D eigenvalue weighted by atomic mass is 35.5. The normalized spacial score (nSPS) is 13.6. The van der Waals surface area contributed by atoms with Crippen LogP contribution in [0.1, 0.15) is 10.5 Å². The predicted octanol–water partition coefficient (Wildman–Crippen LogP) is 2.56. The van der Waals surface area contributed by atoms with Crippen molar-refractivity contribution in [1.82, 2.24) is 15.2 Å². The largest absolute Gasteiger partial charge is 0.490 e. The van der Waals surface area contributed by atoms with Crippen LogP contribution in [0, 0.1) is 0 Å². The molecule has 1 aliphatic rings. The van der Waals surface area contributed by atoms with Gasteiger partial charge in [-0.05, 0) is 29.8 Å². The SMILES string of the molecule is C=CC(=O)NCCOc1ccc(-c2ccc(C(=O)N3CCOCC3)nc2)cc1Cl. The maximum atomic E-state index is 12.5. The number of hydrogen-bond acceptors (Lipinski definition) is 5. The second-order valence-electron chi connectivity index (χ2n) is 6.33. The number of aromatic nitrogens is 1. The molecular formula is C21H22ClN3O4. The molecule has 2 aromatic rings. The quantitative estimate of drug-likeness (QED) is 0.555. The third-order valence-electron chi connectivity index (χ3n) is 4.39. The fraction of sp³-hybridized carbons (Fsp3) is 0.286. The summed E-state index contributed by atoms with van der Waals surface area (Å²) >= 11 is 6.31. The zero-order valence-electron chi connectivity index (χ0n) is 15.9. The van der Waals surface area contributed by atoms with Crippen molar-refractivity contribution in [3.8, 4) is 16.9 Å². The molecule has 29 heavy (non-hydrogen) atoms. The summed E-state index contributed by atoms with van der Waals surface area (Å²) in [5.74, 6) is 0.179. The van der Waals surface area contributed by atoms with Crippen molar-refractivity contribution in [2.75, 3.05) is 39.5 Å². The lowest BCUT2D eigenvalue weighted by atomic mass is 10.1. The lowest BCUT2D eigenvalue weighted by Crippen LogP contribution is -2.41. The van der Waals surface area contributed by atoms with E-state index in [4.69, 9.17) is 21.1 Å². The Labute approximate surface area is 174 Å². The third-order valence-corrected chi connectivity index (χ3v) is 4.69. The molecule has 0 radical (unpaired) electrons. The molecule has 1 aromatic carbocycles. The van der Waals surface area contributed by atoms with E-state index in [0.29, 0.717) is 55.9 Å². The lowest BCUT2D eigenvalue weighted by Gasteiger charge is -2.26. The molecule has 7 nitrogen and oxygen atoms in total. The van der Waals surface area contributed by atoms with Gasteiger partial charge in [-0.3, -0.25) is 14.6 Å². The number of nitrogens with one attached hydrogen (secondary N) is 1. The summed E-state index contributed by atoms with van der Waals surface area (Å²) in [6.45, 7) is 6.29. The standard InChI is InChI=1S/C21H22ClN3O4/c1-2-20(26)23-7-10-29-19-6-4-15(13-17(19)22)16-3-5-18(24-14-16)21(27)25-8-11-28-12-9-25/h2-6,13-14H,1,7-12H2,(H,23,26). The van der Waals surface area contributed by atoms with Crippen molar-refractivity contribution >= 4 is 23.4 Å². The second-order valence-corrected chi connectivity index (χ2v) is 6.73. The van der Waals surface area contributed by atoms with Crippen LogP contribution in [-0.2, 0) is 9.53 Å². The average molecular weight is 416 g/mol. The fourth-order valence-electron chi connectivity index (χ4n) is 2.82. The number of ether oxygens (including phenoxy) is 2. The van der Waals surface area contributed by atoms with Crippen LogP contribution in [0.5, 0.6) is 5.75 Å². The molecule has 2 amide bonds. The van der Waals surface area contributed by atoms with Crippen LogP contribution in [0.4, 0.5) is 0 Å². The molecule has 1 saturated heterocycles. The number of halogens is 1. The molecule has 2 heterocycles. The molecule has 0 unspecified atom stereocenters. The summed E-state index contributed by atoms with van der Waals surface area (Å²) < 4.78 is 10.9. The van der Waals surface area contributed by atoms with E-state index in [0.717, 1.165) is 11.1 Å². The van der Waals surface area contributed by atoms with Crippen molar-refractivity contribution in [3.63, 3.8) is 0 Å². The van der Waals surface area contributed by atoms with Gasteiger partial charge in [0.25, 0.3) is 5.91 Å². The van der Waals surface area contributed by atoms with Gasteiger partial charge in [-0.2, -0.15) is 0 Å². The summed E-state index contributed by atoms with van der Waals surface area (Å²) in [5, 5.41) is 3.08. The minimum absolute atomic E-state index is 0.0924. The molecule has 1 aromatic heterocycles. The van der Waals surface area contributed by atoms with Gasteiger partial charge in [0.05, 0.1) is 24.8 Å². The first kappa shape index (κ1) is 20.8. The fourth-order valence-corrected chi connectivity index (χ4v) is 3.06. The summed E-state index contributed by atoms with van der Waals surface area (Å²) in [4.78, 5) is 29.6. The number of rotatable bonds is 7. The first-order valence-electron chi connectivity index (χ1n) is 9.24. The Balaban J connectivity index is 1.61. The van der Waals surface area contributed by atoms with Gasteiger partial charge in [0.2, 0.25) is 5.91 Å². The Morgan fingerprint density at radius 2 is 2.00 bits per heavy atom. The average Bonchev–Trinajstić information content (AvgIpc) is 2.77. The second kappa shape index (κ2) is 10.0. The number of carbonyl (C=O) groups is 2. The molecule has 1 fully saturated rings. The van der Waals surface area contributed by atoms with Crippen molar-refractivity contribution in [3.05, 3.63) is 59.9 Å². The summed E-state index contributed by atoms with van der Waals surface area (Å²) in [6, 6.07) is 8.97. The molecule has 1 aliphatic heterocycles. The predicted molar refractivity (Wildman–Crippen MR) is 110 cm³/mol. The summed E-state index contributed by atoms with van der Waals surface area (Å²) in [6.07, 6.45) is 2.86. The van der Waals surface area contributed by atoms with Crippen molar-refractivity contribution in [1.29, 1.82) is 0 Å². The summed E-state index contributed by atoms with van der Waals surface area (Å²) in [7, 11) is 0. The highest BCUT2D eigenvalue weighted by Crippen LogP contribution is 2.30. The van der Waals surface area contributed by atoms with Crippen LogP contribution in [0.2, 0.25) is 5.02 Å². The molecule has 0 aliphatic carbocycles. The van der Waals surface area contributed by atoms with Crippen molar-refractivity contribution in [2.24, 2.45) is 0 Å². The number of hydrogen-bond donors (Lipinski definition) is 1. The molecule has 1 N–H and O–H groups in total. The smallest absolute Gasteiger partial charge is 0.272 e. The molecule has 152 valence electrons. The third kappa shape index (κ3) is 5.56. The molecular weight excluding hydrogens is 394 g/mol. The Bertz CT molecular complexity index is 880. The zero-order chi connectivity index (χ0) is 20.6. The van der Waals surface area contributed by atoms with Crippen LogP contribution < -0.4 is 10.1 Å². The number of benzene rings is 1. The molecule has 8 heteroatoms. The Hall–Kier alpha value is -2.90. The molecule has 0 atom stereocenters. The van der Waals surface area contributed by atoms with Crippen LogP contribution in [0.15, 0.2) is 49.2 Å². The van der Waals surface area contributed by atoms with E-state index in [2.05, 4.69) is 16.9 Å². The molecule has 0 saturated carbocycles. The highest BCUT2D eigenvalue weighted by Gasteiger charge is 2.19. The van der Waals surface area contributed by atoms with Gasteiger partial charge in [-0.25, -0.2) is 0 Å².